The zero-order chi connectivity index (χ0) is 18.9. The molecule has 0 saturated carbocycles. The Hall–Kier alpha value is -2.48. The van der Waals surface area contributed by atoms with Crippen molar-refractivity contribution in [2.75, 3.05) is 24.4 Å². The summed E-state index contributed by atoms with van der Waals surface area (Å²) in [7, 11) is 0. The van der Waals surface area contributed by atoms with E-state index < -0.39 is 5.41 Å². The lowest BCUT2D eigenvalue weighted by atomic mass is 9.91. The van der Waals surface area contributed by atoms with E-state index in [1.54, 1.807) is 18.2 Å². The maximum absolute atomic E-state index is 12.3. The molecule has 0 aliphatic carbocycles. The number of thioether (sulfide) groups is 1. The molecular weight excluding hydrogens is 356 g/mol. The number of amides is 2. The van der Waals surface area contributed by atoms with Crippen LogP contribution in [0.3, 0.4) is 0 Å². The fourth-order valence-electron chi connectivity index (χ4n) is 2.35. The van der Waals surface area contributed by atoms with Crippen LogP contribution in [0.5, 0.6) is 11.5 Å². The van der Waals surface area contributed by atoms with E-state index in [2.05, 4.69) is 5.32 Å². The quantitative estimate of drug-likeness (QED) is 0.812. The van der Waals surface area contributed by atoms with E-state index in [1.165, 1.54) is 22.7 Å². The molecule has 2 aliphatic rings. The van der Waals surface area contributed by atoms with Crippen molar-refractivity contribution in [3.8, 4) is 11.5 Å². The minimum absolute atomic E-state index is 0.0871. The van der Waals surface area contributed by atoms with Gasteiger partial charge in [-0.05, 0) is 12.1 Å². The molecule has 7 nitrogen and oxygen atoms in total. The van der Waals surface area contributed by atoms with Crippen LogP contribution in [0.15, 0.2) is 29.3 Å². The molecule has 2 amide bonds. The van der Waals surface area contributed by atoms with Crippen LogP contribution in [-0.2, 0) is 14.4 Å². The lowest BCUT2D eigenvalue weighted by molar-refractivity contribution is -0.129. The Labute approximate surface area is 155 Å². The summed E-state index contributed by atoms with van der Waals surface area (Å²) < 4.78 is 10.5. The maximum Gasteiger partial charge on any atom is 0.244 e. The maximum atomic E-state index is 12.3. The third-order valence-corrected chi connectivity index (χ3v) is 4.89. The standard InChI is InChI=1S/C18H20N2O5S/c1-18(2,3)14(21)7-17-20(16(23)9-26-17)8-15(22)19-11-4-5-12-13(6-11)25-10-24-12/h4-7H,8-10H2,1-3H3,(H,19,22). The topological polar surface area (TPSA) is 84.9 Å². The van der Waals surface area contributed by atoms with E-state index >= 15 is 0 Å². The van der Waals surface area contributed by atoms with Gasteiger partial charge in [-0.25, -0.2) is 0 Å². The number of fused-ring (bicyclic) bond motifs is 1. The van der Waals surface area contributed by atoms with Crippen molar-refractivity contribution in [2.24, 2.45) is 5.41 Å². The summed E-state index contributed by atoms with van der Waals surface area (Å²) in [6.07, 6.45) is 1.45. The van der Waals surface area contributed by atoms with E-state index in [9.17, 15) is 14.4 Å². The molecule has 0 aromatic heterocycles. The van der Waals surface area contributed by atoms with Gasteiger partial charge in [0, 0.05) is 23.2 Å². The van der Waals surface area contributed by atoms with Gasteiger partial charge in [0.2, 0.25) is 18.6 Å². The van der Waals surface area contributed by atoms with Crippen molar-refractivity contribution in [3.05, 3.63) is 29.3 Å². The second-order valence-corrected chi connectivity index (χ2v) is 7.98. The van der Waals surface area contributed by atoms with E-state index in [1.807, 2.05) is 20.8 Å². The molecule has 1 fully saturated rings. The monoisotopic (exact) mass is 376 g/mol. The highest BCUT2D eigenvalue weighted by atomic mass is 32.2. The molecule has 0 atom stereocenters. The van der Waals surface area contributed by atoms with E-state index in [-0.39, 0.29) is 36.7 Å². The van der Waals surface area contributed by atoms with Crippen molar-refractivity contribution in [3.63, 3.8) is 0 Å². The van der Waals surface area contributed by atoms with Crippen molar-refractivity contribution >= 4 is 35.0 Å². The first-order valence-corrected chi connectivity index (χ1v) is 9.11. The third-order valence-electron chi connectivity index (χ3n) is 3.86. The number of carbonyl (C=O) groups excluding carboxylic acids is 3. The van der Waals surface area contributed by atoms with Crippen LogP contribution in [0, 0.1) is 5.41 Å². The lowest BCUT2D eigenvalue weighted by Crippen LogP contribution is -2.34. The van der Waals surface area contributed by atoms with Gasteiger partial charge in [-0.1, -0.05) is 32.5 Å². The molecule has 0 spiro atoms. The Morgan fingerprint density at radius 3 is 2.73 bits per heavy atom. The number of ether oxygens (including phenoxy) is 2. The van der Waals surface area contributed by atoms with Gasteiger partial charge in [0.25, 0.3) is 0 Å². The molecule has 8 heteroatoms. The Bertz CT molecular complexity index is 797. The van der Waals surface area contributed by atoms with Crippen LogP contribution in [0.25, 0.3) is 0 Å². The lowest BCUT2D eigenvalue weighted by Gasteiger charge is -2.19. The molecule has 1 saturated heterocycles. The summed E-state index contributed by atoms with van der Waals surface area (Å²) in [4.78, 5) is 38.0. The number of ketones is 1. The number of anilines is 1. The first-order chi connectivity index (χ1) is 12.2. The largest absolute Gasteiger partial charge is 0.454 e. The molecule has 26 heavy (non-hydrogen) atoms. The van der Waals surface area contributed by atoms with Gasteiger partial charge in [0.05, 0.1) is 10.8 Å². The fraction of sp³-hybridized carbons (Fsp3) is 0.389. The minimum atomic E-state index is -0.542. The second-order valence-electron chi connectivity index (χ2n) is 6.98. The number of rotatable bonds is 4. The number of hydrogen-bond acceptors (Lipinski definition) is 6. The predicted molar refractivity (Wildman–Crippen MR) is 97.9 cm³/mol. The molecular formula is C18H20N2O5S. The normalized spacial score (nSPS) is 17.7. The van der Waals surface area contributed by atoms with Crippen LogP contribution >= 0.6 is 11.8 Å². The number of hydrogen-bond donors (Lipinski definition) is 1. The first-order valence-electron chi connectivity index (χ1n) is 8.13. The van der Waals surface area contributed by atoms with Gasteiger partial charge in [-0.2, -0.15) is 0 Å². The smallest absolute Gasteiger partial charge is 0.244 e. The average molecular weight is 376 g/mol. The van der Waals surface area contributed by atoms with E-state index in [0.29, 0.717) is 22.2 Å². The number of benzene rings is 1. The SMILES string of the molecule is CC(C)(C)C(=O)C=C1SCC(=O)N1CC(=O)Nc1ccc2c(c1)OCO2. The molecule has 0 radical (unpaired) electrons. The highest BCUT2D eigenvalue weighted by Gasteiger charge is 2.31. The molecule has 2 aliphatic heterocycles. The second kappa shape index (κ2) is 7.03. The van der Waals surface area contributed by atoms with Crippen LogP contribution in [0.4, 0.5) is 5.69 Å². The highest BCUT2D eigenvalue weighted by molar-refractivity contribution is 8.04. The van der Waals surface area contributed by atoms with Crippen molar-refractivity contribution in [1.29, 1.82) is 0 Å². The van der Waals surface area contributed by atoms with E-state index in [4.69, 9.17) is 9.47 Å². The molecule has 1 N–H and O–H groups in total. The summed E-state index contributed by atoms with van der Waals surface area (Å²) in [5.74, 6) is 0.779. The van der Waals surface area contributed by atoms with Gasteiger partial charge in [-0.15, -0.1) is 0 Å². The summed E-state index contributed by atoms with van der Waals surface area (Å²) in [6.45, 7) is 5.44. The average Bonchev–Trinajstić information content (AvgIpc) is 3.15. The molecule has 138 valence electrons. The fourth-order valence-corrected chi connectivity index (χ4v) is 3.29. The zero-order valence-corrected chi connectivity index (χ0v) is 15.6. The van der Waals surface area contributed by atoms with Crippen LogP contribution in [0.1, 0.15) is 20.8 Å². The van der Waals surface area contributed by atoms with Gasteiger partial charge in [0.1, 0.15) is 6.54 Å². The Morgan fingerprint density at radius 2 is 2.00 bits per heavy atom. The first kappa shape index (κ1) is 18.3. The third kappa shape index (κ3) is 4.01. The van der Waals surface area contributed by atoms with Crippen molar-refractivity contribution in [1.82, 2.24) is 4.90 Å². The van der Waals surface area contributed by atoms with Crippen molar-refractivity contribution < 1.29 is 23.9 Å². The Morgan fingerprint density at radius 1 is 1.27 bits per heavy atom. The van der Waals surface area contributed by atoms with Crippen LogP contribution < -0.4 is 14.8 Å². The van der Waals surface area contributed by atoms with Gasteiger partial charge >= 0.3 is 0 Å². The van der Waals surface area contributed by atoms with Crippen LogP contribution in [0.2, 0.25) is 0 Å². The summed E-state index contributed by atoms with van der Waals surface area (Å²) in [6, 6.07) is 5.08. The summed E-state index contributed by atoms with van der Waals surface area (Å²) in [5, 5.41) is 3.24. The summed E-state index contributed by atoms with van der Waals surface area (Å²) >= 11 is 1.27. The minimum Gasteiger partial charge on any atom is -0.454 e. The number of nitrogens with zero attached hydrogens (tertiary/aromatic N) is 1. The number of nitrogens with one attached hydrogen (secondary N) is 1. The summed E-state index contributed by atoms with van der Waals surface area (Å²) in [5.41, 5.74) is 0.00873. The number of allylic oxidation sites excluding steroid dienone is 1. The van der Waals surface area contributed by atoms with Crippen molar-refractivity contribution in [2.45, 2.75) is 20.8 Å². The highest BCUT2D eigenvalue weighted by Crippen LogP contribution is 2.34. The van der Waals surface area contributed by atoms with Gasteiger partial charge in [0.15, 0.2) is 17.3 Å². The zero-order valence-electron chi connectivity index (χ0n) is 14.8. The molecule has 1 aromatic carbocycles. The van der Waals surface area contributed by atoms with Gasteiger partial charge in [-0.3, -0.25) is 19.3 Å². The van der Waals surface area contributed by atoms with Gasteiger partial charge < -0.3 is 14.8 Å². The predicted octanol–water partition coefficient (Wildman–Crippen LogP) is 2.39. The molecule has 0 bridgehead atoms. The molecule has 1 aromatic rings. The molecule has 2 heterocycles. The van der Waals surface area contributed by atoms with Crippen LogP contribution in [-0.4, -0.2) is 41.6 Å². The van der Waals surface area contributed by atoms with E-state index in [0.717, 1.165) is 0 Å². The molecule has 0 unspecified atom stereocenters. The Kier molecular flexibility index (Phi) is 4.95. The molecule has 3 rings (SSSR count). The number of carbonyl (C=O) groups is 3. The Balaban J connectivity index is 1.68.